The van der Waals surface area contributed by atoms with E-state index in [-0.39, 0.29) is 5.56 Å². The molecule has 3 aromatic rings. The van der Waals surface area contributed by atoms with Gasteiger partial charge < -0.3 is 4.90 Å². The number of fused-ring (bicyclic) bond motifs is 1. The van der Waals surface area contributed by atoms with Crippen LogP contribution in [-0.2, 0) is 6.42 Å². The van der Waals surface area contributed by atoms with E-state index < -0.39 is 0 Å². The number of rotatable bonds is 10. The molecule has 0 spiro atoms. The Morgan fingerprint density at radius 1 is 1.04 bits per heavy atom. The van der Waals surface area contributed by atoms with Crippen LogP contribution in [0.5, 0.6) is 0 Å². The SMILES string of the molecule is CCCCN(CCCC)CCc1cc(C)nc2[nH]n(-c3ccccc3)c(=O)c12. The topological polar surface area (TPSA) is 53.9 Å². The highest BCUT2D eigenvalue weighted by Crippen LogP contribution is 2.17. The first-order chi connectivity index (χ1) is 13.6. The summed E-state index contributed by atoms with van der Waals surface area (Å²) >= 11 is 0. The van der Waals surface area contributed by atoms with Gasteiger partial charge in [-0.25, -0.2) is 9.67 Å². The van der Waals surface area contributed by atoms with Gasteiger partial charge in [-0.2, -0.15) is 0 Å². The number of unbranched alkanes of at least 4 members (excludes halogenated alkanes) is 2. The molecule has 5 heteroatoms. The van der Waals surface area contributed by atoms with Crippen LogP contribution < -0.4 is 5.56 Å². The average molecular weight is 381 g/mol. The van der Waals surface area contributed by atoms with Crippen molar-refractivity contribution in [2.45, 2.75) is 52.9 Å². The molecule has 0 radical (unpaired) electrons. The number of aromatic nitrogens is 3. The number of aryl methyl sites for hydroxylation is 1. The summed E-state index contributed by atoms with van der Waals surface area (Å²) in [6.07, 6.45) is 5.73. The van der Waals surface area contributed by atoms with Crippen molar-refractivity contribution in [3.8, 4) is 5.69 Å². The van der Waals surface area contributed by atoms with E-state index >= 15 is 0 Å². The van der Waals surface area contributed by atoms with Gasteiger partial charge >= 0.3 is 0 Å². The van der Waals surface area contributed by atoms with Crippen LogP contribution in [0.3, 0.4) is 0 Å². The second-order valence-electron chi connectivity index (χ2n) is 7.53. The second kappa shape index (κ2) is 9.69. The van der Waals surface area contributed by atoms with Crippen molar-refractivity contribution < 1.29 is 0 Å². The lowest BCUT2D eigenvalue weighted by Crippen LogP contribution is -2.28. The Morgan fingerprint density at radius 3 is 2.36 bits per heavy atom. The molecular weight excluding hydrogens is 348 g/mol. The van der Waals surface area contributed by atoms with Gasteiger partial charge in [0, 0.05) is 12.2 Å². The van der Waals surface area contributed by atoms with Crippen LogP contribution in [0.2, 0.25) is 0 Å². The van der Waals surface area contributed by atoms with Crippen LogP contribution in [0.4, 0.5) is 0 Å². The summed E-state index contributed by atoms with van der Waals surface area (Å²) in [5.41, 5.74) is 3.53. The van der Waals surface area contributed by atoms with Gasteiger partial charge in [-0.15, -0.1) is 0 Å². The third-order valence-electron chi connectivity index (χ3n) is 5.23. The Morgan fingerprint density at radius 2 is 1.71 bits per heavy atom. The van der Waals surface area contributed by atoms with Crippen molar-refractivity contribution >= 4 is 11.0 Å². The molecule has 5 nitrogen and oxygen atoms in total. The summed E-state index contributed by atoms with van der Waals surface area (Å²) < 4.78 is 1.60. The lowest BCUT2D eigenvalue weighted by atomic mass is 10.1. The fourth-order valence-corrected chi connectivity index (χ4v) is 3.66. The standard InChI is InChI=1S/C23H32N4O/c1-4-6-14-26(15-7-5-2)16-13-19-17-18(3)24-22-21(19)23(28)27(25-22)20-11-9-8-10-12-20/h8-12,17H,4-7,13-16H2,1-3H3,(H,24,25). The maximum atomic E-state index is 13.1. The molecule has 0 saturated carbocycles. The van der Waals surface area contributed by atoms with Gasteiger partial charge in [0.25, 0.3) is 5.56 Å². The predicted molar refractivity (Wildman–Crippen MR) is 116 cm³/mol. The number of hydrogen-bond donors (Lipinski definition) is 1. The Bertz CT molecular complexity index is 934. The fourth-order valence-electron chi connectivity index (χ4n) is 3.66. The molecule has 0 unspecified atom stereocenters. The molecule has 2 heterocycles. The zero-order valence-electron chi connectivity index (χ0n) is 17.4. The summed E-state index contributed by atoms with van der Waals surface area (Å²) in [4.78, 5) is 20.2. The van der Waals surface area contributed by atoms with Crippen molar-refractivity contribution in [2.24, 2.45) is 0 Å². The molecule has 0 amide bonds. The third-order valence-corrected chi connectivity index (χ3v) is 5.23. The molecule has 1 aromatic carbocycles. The predicted octanol–water partition coefficient (Wildman–Crippen LogP) is 4.47. The van der Waals surface area contributed by atoms with E-state index in [1.807, 2.05) is 37.3 Å². The van der Waals surface area contributed by atoms with Crippen LogP contribution in [0.15, 0.2) is 41.2 Å². The maximum absolute atomic E-state index is 13.1. The third kappa shape index (κ3) is 4.71. The Hall–Kier alpha value is -2.40. The minimum atomic E-state index is -0.0163. The van der Waals surface area contributed by atoms with Crippen molar-refractivity contribution in [1.29, 1.82) is 0 Å². The van der Waals surface area contributed by atoms with Gasteiger partial charge in [-0.3, -0.25) is 9.89 Å². The van der Waals surface area contributed by atoms with Crippen molar-refractivity contribution in [1.82, 2.24) is 19.7 Å². The van der Waals surface area contributed by atoms with E-state index in [0.29, 0.717) is 5.65 Å². The van der Waals surface area contributed by atoms with Crippen molar-refractivity contribution in [2.75, 3.05) is 19.6 Å². The highest BCUT2D eigenvalue weighted by molar-refractivity contribution is 5.79. The molecule has 0 aliphatic rings. The second-order valence-corrected chi connectivity index (χ2v) is 7.53. The molecular formula is C23H32N4O. The first kappa shape index (κ1) is 20.3. The summed E-state index contributed by atoms with van der Waals surface area (Å²) in [5, 5.41) is 3.92. The highest BCUT2D eigenvalue weighted by atomic mass is 16.1. The van der Waals surface area contributed by atoms with Crippen LogP contribution in [0, 0.1) is 6.92 Å². The molecule has 150 valence electrons. The van der Waals surface area contributed by atoms with Gasteiger partial charge in [0.1, 0.15) is 0 Å². The van der Waals surface area contributed by atoms with E-state index in [1.165, 1.54) is 25.7 Å². The van der Waals surface area contributed by atoms with Crippen LogP contribution in [-0.4, -0.2) is 39.3 Å². The van der Waals surface area contributed by atoms with E-state index in [9.17, 15) is 4.79 Å². The number of pyridine rings is 1. The first-order valence-electron chi connectivity index (χ1n) is 10.5. The molecule has 28 heavy (non-hydrogen) atoms. The summed E-state index contributed by atoms with van der Waals surface area (Å²) in [7, 11) is 0. The zero-order chi connectivity index (χ0) is 19.9. The van der Waals surface area contributed by atoms with Gasteiger partial charge in [0.2, 0.25) is 0 Å². The monoisotopic (exact) mass is 380 g/mol. The highest BCUT2D eigenvalue weighted by Gasteiger charge is 2.15. The quantitative estimate of drug-likeness (QED) is 0.565. The average Bonchev–Trinajstić information content (AvgIpc) is 3.04. The first-order valence-corrected chi connectivity index (χ1v) is 10.5. The largest absolute Gasteiger partial charge is 0.303 e. The van der Waals surface area contributed by atoms with Crippen molar-refractivity contribution in [3.63, 3.8) is 0 Å². The Kier molecular flexibility index (Phi) is 7.04. The number of H-pyrrole nitrogens is 1. The molecule has 0 aliphatic heterocycles. The molecule has 0 fully saturated rings. The number of nitrogens with zero attached hydrogens (tertiary/aromatic N) is 3. The smallest absolute Gasteiger partial charge is 0.281 e. The lowest BCUT2D eigenvalue weighted by molar-refractivity contribution is 0.268. The number of hydrogen-bond acceptors (Lipinski definition) is 3. The Labute approximate surface area is 167 Å². The maximum Gasteiger partial charge on any atom is 0.281 e. The minimum absolute atomic E-state index is 0.0163. The number of aromatic amines is 1. The van der Waals surface area contributed by atoms with Gasteiger partial charge in [0.15, 0.2) is 5.65 Å². The molecule has 0 aliphatic carbocycles. The number of nitrogens with one attached hydrogen (secondary N) is 1. The van der Waals surface area contributed by atoms with Gasteiger partial charge in [-0.05, 0) is 63.0 Å². The fraction of sp³-hybridized carbons (Fsp3) is 0.478. The summed E-state index contributed by atoms with van der Waals surface area (Å²) in [6.45, 7) is 9.71. The molecule has 2 aromatic heterocycles. The van der Waals surface area contributed by atoms with E-state index in [4.69, 9.17) is 0 Å². The van der Waals surface area contributed by atoms with Gasteiger partial charge in [-0.1, -0.05) is 44.9 Å². The summed E-state index contributed by atoms with van der Waals surface area (Å²) in [5.74, 6) is 0. The van der Waals surface area contributed by atoms with Crippen LogP contribution >= 0.6 is 0 Å². The van der Waals surface area contributed by atoms with E-state index in [1.54, 1.807) is 4.68 Å². The van der Waals surface area contributed by atoms with Crippen LogP contribution in [0.1, 0.15) is 50.8 Å². The van der Waals surface area contributed by atoms with Crippen molar-refractivity contribution in [3.05, 3.63) is 58.0 Å². The lowest BCUT2D eigenvalue weighted by Gasteiger charge is -2.22. The summed E-state index contributed by atoms with van der Waals surface area (Å²) in [6, 6.07) is 11.8. The van der Waals surface area contributed by atoms with E-state index in [0.717, 1.165) is 48.4 Å². The van der Waals surface area contributed by atoms with E-state index in [2.05, 4.69) is 34.9 Å². The molecule has 0 atom stereocenters. The number of benzene rings is 1. The molecule has 0 bridgehead atoms. The van der Waals surface area contributed by atoms with Crippen LogP contribution in [0.25, 0.3) is 16.7 Å². The normalized spacial score (nSPS) is 11.6. The zero-order valence-corrected chi connectivity index (χ0v) is 17.4. The number of para-hydroxylation sites is 1. The Balaban J connectivity index is 1.90. The molecule has 1 N–H and O–H groups in total. The molecule has 3 rings (SSSR count). The molecule has 0 saturated heterocycles. The van der Waals surface area contributed by atoms with Gasteiger partial charge in [0.05, 0.1) is 11.1 Å². The minimum Gasteiger partial charge on any atom is -0.303 e.